The number of carbonyl (C=O) groups is 1. The number of benzene rings is 1. The van der Waals surface area contributed by atoms with Gasteiger partial charge in [-0.1, -0.05) is 6.42 Å². The number of nitrogens with one attached hydrogen (secondary N) is 1. The molecule has 1 aromatic carbocycles. The molecule has 3 aliphatic rings. The molecule has 2 bridgehead atoms. The second-order valence-corrected chi connectivity index (χ2v) is 9.50. The first kappa shape index (κ1) is 16.8. The van der Waals surface area contributed by atoms with Gasteiger partial charge < -0.3 is 10.4 Å². The van der Waals surface area contributed by atoms with Gasteiger partial charge in [0.15, 0.2) is 0 Å². The largest absolute Gasteiger partial charge is 0.506 e. The van der Waals surface area contributed by atoms with E-state index >= 15 is 0 Å². The molecule has 0 spiro atoms. The fraction of sp³-hybridized carbons (Fsp3) is 0.611. The molecule has 25 heavy (non-hydrogen) atoms. The number of hydrogen-bond donors (Lipinski definition) is 2. The summed E-state index contributed by atoms with van der Waals surface area (Å²) in [6, 6.07) is 4.13. The average molecular weight is 364 g/mol. The molecule has 6 nitrogen and oxygen atoms in total. The van der Waals surface area contributed by atoms with Gasteiger partial charge in [0, 0.05) is 19.0 Å². The Morgan fingerprint density at radius 3 is 2.56 bits per heavy atom. The molecule has 3 atom stereocenters. The van der Waals surface area contributed by atoms with E-state index in [9.17, 15) is 18.3 Å². The van der Waals surface area contributed by atoms with Crippen molar-refractivity contribution in [2.45, 2.75) is 43.4 Å². The minimum atomic E-state index is -3.57. The van der Waals surface area contributed by atoms with E-state index in [0.717, 1.165) is 32.1 Å². The molecule has 0 aromatic heterocycles. The highest BCUT2D eigenvalue weighted by Gasteiger charge is 2.43. The quantitative estimate of drug-likeness (QED) is 0.804. The van der Waals surface area contributed by atoms with Gasteiger partial charge in [-0.3, -0.25) is 4.79 Å². The number of carbonyl (C=O) groups excluding carboxylic acids is 1. The Balaban J connectivity index is 1.54. The van der Waals surface area contributed by atoms with Crippen molar-refractivity contribution in [1.29, 1.82) is 0 Å². The lowest BCUT2D eigenvalue weighted by molar-refractivity contribution is -0.121. The summed E-state index contributed by atoms with van der Waals surface area (Å²) in [5.74, 6) is 0.868. The van der Waals surface area contributed by atoms with Crippen LogP contribution in [0.4, 0.5) is 5.69 Å². The molecule has 7 heteroatoms. The van der Waals surface area contributed by atoms with E-state index in [-0.39, 0.29) is 28.2 Å². The van der Waals surface area contributed by atoms with Crippen molar-refractivity contribution in [3.8, 4) is 5.75 Å². The van der Waals surface area contributed by atoms with Crippen LogP contribution in [0, 0.1) is 17.8 Å². The lowest BCUT2D eigenvalue weighted by Crippen LogP contribution is -2.29. The number of rotatable bonds is 4. The van der Waals surface area contributed by atoms with Crippen molar-refractivity contribution < 1.29 is 18.3 Å². The number of sulfonamides is 1. The van der Waals surface area contributed by atoms with Crippen molar-refractivity contribution in [2.75, 3.05) is 18.4 Å². The number of phenolic OH excluding ortho intramolecular Hbond substituents is 1. The molecule has 3 fully saturated rings. The van der Waals surface area contributed by atoms with E-state index in [4.69, 9.17) is 0 Å². The average Bonchev–Trinajstić information content (AvgIpc) is 3.34. The molecule has 136 valence electrons. The van der Waals surface area contributed by atoms with Gasteiger partial charge in [0.2, 0.25) is 15.9 Å². The molecule has 1 aliphatic heterocycles. The zero-order valence-electron chi connectivity index (χ0n) is 14.1. The number of amides is 1. The van der Waals surface area contributed by atoms with Gasteiger partial charge in [-0.15, -0.1) is 0 Å². The maximum Gasteiger partial charge on any atom is 0.243 e. The minimum Gasteiger partial charge on any atom is -0.506 e. The Labute approximate surface area is 148 Å². The first-order valence-electron chi connectivity index (χ1n) is 9.09. The zero-order valence-corrected chi connectivity index (χ0v) is 15.0. The number of anilines is 1. The molecule has 1 heterocycles. The highest BCUT2D eigenvalue weighted by molar-refractivity contribution is 7.89. The van der Waals surface area contributed by atoms with Gasteiger partial charge >= 0.3 is 0 Å². The topological polar surface area (TPSA) is 86.7 Å². The number of aromatic hydroxyl groups is 1. The van der Waals surface area contributed by atoms with E-state index in [1.165, 1.54) is 28.9 Å². The summed E-state index contributed by atoms with van der Waals surface area (Å²) in [6.07, 6.45) is 6.06. The number of nitrogens with zero attached hydrogens (tertiary/aromatic N) is 1. The maximum absolute atomic E-state index is 12.7. The van der Waals surface area contributed by atoms with Crippen LogP contribution in [0.15, 0.2) is 23.1 Å². The molecule has 2 saturated carbocycles. The van der Waals surface area contributed by atoms with Gasteiger partial charge in [-0.2, -0.15) is 4.31 Å². The molecule has 3 unspecified atom stereocenters. The third-order valence-electron chi connectivity index (χ3n) is 6.00. The monoisotopic (exact) mass is 364 g/mol. The zero-order chi connectivity index (χ0) is 17.6. The van der Waals surface area contributed by atoms with Crippen molar-refractivity contribution >= 4 is 21.6 Å². The van der Waals surface area contributed by atoms with Crippen LogP contribution in [0.3, 0.4) is 0 Å². The molecule has 1 saturated heterocycles. The Kier molecular flexibility index (Phi) is 4.24. The summed E-state index contributed by atoms with van der Waals surface area (Å²) in [5.41, 5.74) is 0.188. The number of phenols is 1. The highest BCUT2D eigenvalue weighted by atomic mass is 32.2. The molecule has 1 amide bonds. The fourth-order valence-corrected chi connectivity index (χ4v) is 6.19. The van der Waals surface area contributed by atoms with Gasteiger partial charge in [-0.05, 0) is 62.1 Å². The Morgan fingerprint density at radius 2 is 1.92 bits per heavy atom. The molecular weight excluding hydrogens is 340 g/mol. The molecule has 4 rings (SSSR count). The molecule has 1 aromatic rings. The van der Waals surface area contributed by atoms with Gasteiger partial charge in [0.05, 0.1) is 10.6 Å². The lowest BCUT2D eigenvalue weighted by Gasteiger charge is -2.21. The molecule has 0 radical (unpaired) electrons. The maximum atomic E-state index is 12.7. The van der Waals surface area contributed by atoms with Crippen LogP contribution in [0.1, 0.15) is 38.5 Å². The smallest absolute Gasteiger partial charge is 0.243 e. The van der Waals surface area contributed by atoms with Crippen LogP contribution in [0.2, 0.25) is 0 Å². The van der Waals surface area contributed by atoms with Gasteiger partial charge in [0.1, 0.15) is 5.75 Å². The first-order valence-corrected chi connectivity index (χ1v) is 10.5. The standard InChI is InChI=1S/C18H24N2O4S/c21-17-6-5-14(25(23,24)20-7-1-2-8-20)11-16(17)19-18(22)15-10-12-3-4-13(15)9-12/h5-6,11-13,15,21H,1-4,7-10H2,(H,19,22). The summed E-state index contributed by atoms with van der Waals surface area (Å²) in [6.45, 7) is 1.05. The van der Waals surface area contributed by atoms with Crippen LogP contribution < -0.4 is 5.32 Å². The van der Waals surface area contributed by atoms with E-state index in [0.29, 0.717) is 24.9 Å². The van der Waals surface area contributed by atoms with Crippen molar-refractivity contribution in [3.63, 3.8) is 0 Å². The van der Waals surface area contributed by atoms with Crippen LogP contribution in [0.5, 0.6) is 5.75 Å². The summed E-state index contributed by atoms with van der Waals surface area (Å²) < 4.78 is 26.8. The Morgan fingerprint density at radius 1 is 1.16 bits per heavy atom. The minimum absolute atomic E-state index is 0.0167. The highest BCUT2D eigenvalue weighted by Crippen LogP contribution is 2.48. The summed E-state index contributed by atoms with van der Waals surface area (Å²) >= 11 is 0. The lowest BCUT2D eigenvalue weighted by atomic mass is 9.88. The van der Waals surface area contributed by atoms with Crippen molar-refractivity contribution in [1.82, 2.24) is 4.31 Å². The Bertz CT molecular complexity index is 786. The third-order valence-corrected chi connectivity index (χ3v) is 7.90. The first-order chi connectivity index (χ1) is 11.9. The van der Waals surface area contributed by atoms with Crippen LogP contribution in [0.25, 0.3) is 0 Å². The number of hydrogen-bond acceptors (Lipinski definition) is 4. The van der Waals surface area contributed by atoms with E-state index in [1.54, 1.807) is 0 Å². The van der Waals surface area contributed by atoms with E-state index in [1.807, 2.05) is 0 Å². The van der Waals surface area contributed by atoms with Crippen molar-refractivity contribution in [3.05, 3.63) is 18.2 Å². The second-order valence-electron chi connectivity index (χ2n) is 7.56. The van der Waals surface area contributed by atoms with Crippen LogP contribution >= 0.6 is 0 Å². The van der Waals surface area contributed by atoms with Crippen LogP contribution in [-0.4, -0.2) is 36.8 Å². The normalized spacial score (nSPS) is 29.2. The fourth-order valence-electron chi connectivity index (χ4n) is 4.64. The van der Waals surface area contributed by atoms with Gasteiger partial charge in [-0.25, -0.2) is 8.42 Å². The van der Waals surface area contributed by atoms with Gasteiger partial charge in [0.25, 0.3) is 0 Å². The predicted octanol–water partition coefficient (Wildman–Crippen LogP) is 2.55. The predicted molar refractivity (Wildman–Crippen MR) is 93.7 cm³/mol. The molecular formula is C18H24N2O4S. The summed E-state index contributed by atoms with van der Waals surface area (Å²) in [5, 5.41) is 12.8. The van der Waals surface area contributed by atoms with E-state index in [2.05, 4.69) is 5.32 Å². The number of fused-ring (bicyclic) bond motifs is 2. The van der Waals surface area contributed by atoms with Crippen molar-refractivity contribution in [2.24, 2.45) is 17.8 Å². The third kappa shape index (κ3) is 3.04. The van der Waals surface area contributed by atoms with E-state index < -0.39 is 10.0 Å². The van der Waals surface area contributed by atoms with Crippen LogP contribution in [-0.2, 0) is 14.8 Å². The second kappa shape index (κ2) is 6.29. The Hall–Kier alpha value is -1.60. The molecule has 2 N–H and O–H groups in total. The summed E-state index contributed by atoms with van der Waals surface area (Å²) in [4.78, 5) is 12.7. The molecule has 2 aliphatic carbocycles. The SMILES string of the molecule is O=C(Nc1cc(S(=O)(=O)N2CCCC2)ccc1O)C1CC2CCC1C2. The summed E-state index contributed by atoms with van der Waals surface area (Å²) in [7, 11) is -3.57.